The molecule has 0 saturated heterocycles. The Hall–Kier alpha value is -2.86. The normalized spacial score (nSPS) is 11.7. The quantitative estimate of drug-likeness (QED) is 0.559. The van der Waals surface area contributed by atoms with Gasteiger partial charge in [-0.15, -0.1) is 0 Å². The second-order valence-corrected chi connectivity index (χ2v) is 7.59. The fraction of sp³-hybridized carbons (Fsp3) is 0.294. The Morgan fingerprint density at radius 2 is 1.83 bits per heavy atom. The Morgan fingerprint density at radius 1 is 1.14 bits per heavy atom. The number of aromatic nitrogens is 1. The molecule has 1 heterocycles. The number of ether oxygens (including phenoxy) is 1. The summed E-state index contributed by atoms with van der Waals surface area (Å²) in [6, 6.07) is 9.74. The number of halogens is 3. The number of anilines is 2. The van der Waals surface area contributed by atoms with Crippen LogP contribution in [0.4, 0.5) is 24.7 Å². The van der Waals surface area contributed by atoms with E-state index in [-0.39, 0.29) is 22.9 Å². The van der Waals surface area contributed by atoms with Crippen molar-refractivity contribution in [3.05, 3.63) is 48.0 Å². The molecule has 0 bridgehead atoms. The van der Waals surface area contributed by atoms with Crippen LogP contribution in [0.1, 0.15) is 16.8 Å². The van der Waals surface area contributed by atoms with Crippen LogP contribution in [0.3, 0.4) is 0 Å². The molecule has 12 heteroatoms. The number of aliphatic hydroxyl groups excluding tert-OH is 1. The van der Waals surface area contributed by atoms with Gasteiger partial charge in [-0.3, -0.25) is 9.52 Å². The van der Waals surface area contributed by atoms with Gasteiger partial charge in [0.25, 0.3) is 5.91 Å². The molecular formula is C17H18F3N3O5S. The van der Waals surface area contributed by atoms with E-state index in [1.807, 2.05) is 0 Å². The molecule has 0 radical (unpaired) electrons. The van der Waals surface area contributed by atoms with Crippen LogP contribution >= 0.6 is 0 Å². The average Bonchev–Trinajstić information content (AvgIpc) is 2.61. The molecule has 29 heavy (non-hydrogen) atoms. The van der Waals surface area contributed by atoms with E-state index in [9.17, 15) is 26.4 Å². The average molecular weight is 433 g/mol. The number of pyridine rings is 1. The predicted octanol–water partition coefficient (Wildman–Crippen LogP) is 2.40. The van der Waals surface area contributed by atoms with Gasteiger partial charge in [-0.25, -0.2) is 8.42 Å². The molecule has 0 aliphatic heterocycles. The summed E-state index contributed by atoms with van der Waals surface area (Å²) in [6.07, 6.45) is -5.47. The van der Waals surface area contributed by atoms with Crippen LogP contribution in [-0.2, 0) is 10.0 Å². The van der Waals surface area contributed by atoms with Crippen LogP contribution in [0, 0.1) is 0 Å². The zero-order chi connectivity index (χ0) is 21.5. The summed E-state index contributed by atoms with van der Waals surface area (Å²) in [7, 11) is -3.68. The van der Waals surface area contributed by atoms with Gasteiger partial charge in [0.1, 0.15) is 5.82 Å². The highest BCUT2D eigenvalue weighted by Crippen LogP contribution is 2.20. The maximum atomic E-state index is 12.3. The summed E-state index contributed by atoms with van der Waals surface area (Å²) in [5, 5.41) is 11.2. The van der Waals surface area contributed by atoms with Crippen molar-refractivity contribution >= 4 is 27.4 Å². The molecule has 8 nitrogen and oxygen atoms in total. The fourth-order valence-electron chi connectivity index (χ4n) is 2.07. The highest BCUT2D eigenvalue weighted by atomic mass is 32.2. The lowest BCUT2D eigenvalue weighted by Crippen LogP contribution is -2.19. The van der Waals surface area contributed by atoms with Crippen LogP contribution in [0.5, 0.6) is 5.88 Å². The molecule has 158 valence electrons. The number of alkyl halides is 3. The molecule has 2 aromatic rings. The van der Waals surface area contributed by atoms with Gasteiger partial charge < -0.3 is 15.2 Å². The van der Waals surface area contributed by atoms with Crippen molar-refractivity contribution in [3.63, 3.8) is 0 Å². The molecule has 0 fully saturated rings. The Morgan fingerprint density at radius 3 is 2.45 bits per heavy atom. The van der Waals surface area contributed by atoms with Crippen molar-refractivity contribution < 1.29 is 36.2 Å². The van der Waals surface area contributed by atoms with Crippen molar-refractivity contribution in [2.45, 2.75) is 12.6 Å². The van der Waals surface area contributed by atoms with E-state index in [4.69, 9.17) is 9.84 Å². The van der Waals surface area contributed by atoms with Crippen LogP contribution in [0.25, 0.3) is 0 Å². The monoisotopic (exact) mass is 433 g/mol. The van der Waals surface area contributed by atoms with Crippen molar-refractivity contribution in [2.75, 3.05) is 29.0 Å². The first-order valence-corrected chi connectivity index (χ1v) is 9.92. The van der Waals surface area contributed by atoms with Crippen LogP contribution in [-0.4, -0.2) is 49.6 Å². The lowest BCUT2D eigenvalue weighted by Gasteiger charge is -2.10. The first-order chi connectivity index (χ1) is 13.6. The first kappa shape index (κ1) is 22.4. The molecule has 0 spiro atoms. The number of carbonyl (C=O) groups is 1. The van der Waals surface area contributed by atoms with E-state index in [0.29, 0.717) is 0 Å². The minimum atomic E-state index is -4.34. The molecule has 1 amide bonds. The van der Waals surface area contributed by atoms with Crippen molar-refractivity contribution in [3.8, 4) is 5.88 Å². The van der Waals surface area contributed by atoms with E-state index in [0.717, 1.165) is 0 Å². The number of nitrogens with one attached hydrogen (secondary N) is 2. The highest BCUT2D eigenvalue weighted by molar-refractivity contribution is 7.92. The van der Waals surface area contributed by atoms with Gasteiger partial charge in [-0.1, -0.05) is 6.07 Å². The maximum Gasteiger partial charge on any atom is 0.392 e. The number of aliphatic hydroxyl groups is 1. The van der Waals surface area contributed by atoms with E-state index in [2.05, 4.69) is 15.0 Å². The van der Waals surface area contributed by atoms with Crippen molar-refractivity contribution in [2.24, 2.45) is 0 Å². The van der Waals surface area contributed by atoms with Gasteiger partial charge in [0, 0.05) is 17.3 Å². The molecule has 0 aliphatic rings. The lowest BCUT2D eigenvalue weighted by atomic mass is 10.2. The number of carbonyl (C=O) groups excluding carboxylic acids is 1. The standard InChI is InChI=1S/C17H18F3N3O5S/c18-17(19,20)8-10-28-15-3-1-2-14(21-15)22-16(25)12-4-6-13(7-5-12)23-29(26,27)11-9-24/h1-7,23-24H,8-11H2,(H,21,22,25). The minimum Gasteiger partial charge on any atom is -0.477 e. The van der Waals surface area contributed by atoms with Crippen molar-refractivity contribution in [1.82, 2.24) is 4.98 Å². The van der Waals surface area contributed by atoms with Gasteiger partial charge in [0.2, 0.25) is 15.9 Å². The third-order valence-corrected chi connectivity index (χ3v) is 4.65. The van der Waals surface area contributed by atoms with E-state index in [1.165, 1.54) is 42.5 Å². The summed E-state index contributed by atoms with van der Waals surface area (Å²) >= 11 is 0. The Bertz CT molecular complexity index is 934. The SMILES string of the molecule is O=C(Nc1cccc(OCCC(F)(F)F)n1)c1ccc(NS(=O)(=O)CCO)cc1. The van der Waals surface area contributed by atoms with Gasteiger partial charge in [0.15, 0.2) is 0 Å². The fourth-order valence-corrected chi connectivity index (χ4v) is 2.90. The zero-order valence-electron chi connectivity index (χ0n) is 14.9. The third kappa shape index (κ3) is 7.95. The Balaban J connectivity index is 1.97. The van der Waals surface area contributed by atoms with Gasteiger partial charge in [0.05, 0.1) is 25.4 Å². The summed E-state index contributed by atoms with van der Waals surface area (Å²) < 4.78 is 66.8. The largest absolute Gasteiger partial charge is 0.477 e. The minimum absolute atomic E-state index is 0.0688. The Kier molecular flexibility index (Phi) is 7.40. The summed E-state index contributed by atoms with van der Waals surface area (Å²) in [5.41, 5.74) is 0.411. The molecule has 0 saturated carbocycles. The number of sulfonamides is 1. The molecule has 1 aromatic carbocycles. The zero-order valence-corrected chi connectivity index (χ0v) is 15.8. The number of hydrogen-bond acceptors (Lipinski definition) is 6. The van der Waals surface area contributed by atoms with Gasteiger partial charge >= 0.3 is 6.18 Å². The highest BCUT2D eigenvalue weighted by Gasteiger charge is 2.26. The number of amides is 1. The second kappa shape index (κ2) is 9.56. The number of nitrogens with zero attached hydrogens (tertiary/aromatic N) is 1. The molecule has 0 unspecified atom stereocenters. The lowest BCUT2D eigenvalue weighted by molar-refractivity contribution is -0.139. The summed E-state index contributed by atoms with van der Waals surface area (Å²) in [4.78, 5) is 16.2. The van der Waals surface area contributed by atoms with E-state index >= 15 is 0 Å². The predicted molar refractivity (Wildman–Crippen MR) is 99.3 cm³/mol. The molecule has 3 N–H and O–H groups in total. The topological polar surface area (TPSA) is 118 Å². The second-order valence-electron chi connectivity index (χ2n) is 5.75. The molecule has 2 rings (SSSR count). The van der Waals surface area contributed by atoms with Gasteiger partial charge in [-0.05, 0) is 30.3 Å². The number of rotatable bonds is 9. The molecular weight excluding hydrogens is 415 g/mol. The molecule has 0 aliphatic carbocycles. The first-order valence-electron chi connectivity index (χ1n) is 8.27. The van der Waals surface area contributed by atoms with Crippen LogP contribution < -0.4 is 14.8 Å². The summed E-state index contributed by atoms with van der Waals surface area (Å²) in [6.45, 7) is -1.12. The van der Waals surface area contributed by atoms with E-state index < -0.39 is 47.5 Å². The number of hydrogen-bond donors (Lipinski definition) is 3. The third-order valence-electron chi connectivity index (χ3n) is 3.38. The Labute approximate surface area is 164 Å². The summed E-state index contributed by atoms with van der Waals surface area (Å²) in [5.74, 6) is -1.01. The molecule has 0 atom stereocenters. The van der Waals surface area contributed by atoms with Crippen LogP contribution in [0.15, 0.2) is 42.5 Å². The maximum absolute atomic E-state index is 12.3. The van der Waals surface area contributed by atoms with E-state index in [1.54, 1.807) is 0 Å². The van der Waals surface area contributed by atoms with Crippen LogP contribution in [0.2, 0.25) is 0 Å². The number of benzene rings is 1. The van der Waals surface area contributed by atoms with Crippen molar-refractivity contribution in [1.29, 1.82) is 0 Å². The molecule has 1 aromatic heterocycles. The van der Waals surface area contributed by atoms with Gasteiger partial charge in [-0.2, -0.15) is 18.2 Å². The smallest absolute Gasteiger partial charge is 0.392 e.